The minimum Gasteiger partial charge on any atom is -0.368 e. The van der Waals surface area contributed by atoms with Crippen molar-refractivity contribution in [1.29, 1.82) is 0 Å². The Morgan fingerprint density at radius 2 is 2.15 bits per heavy atom. The van der Waals surface area contributed by atoms with Crippen molar-refractivity contribution in [1.82, 2.24) is 25.0 Å². The fourth-order valence-corrected chi connectivity index (χ4v) is 2.15. The number of amides is 1. The Balaban J connectivity index is 2.09. The van der Waals surface area contributed by atoms with Gasteiger partial charge in [-0.15, -0.1) is 10.2 Å². The van der Waals surface area contributed by atoms with Crippen LogP contribution in [0, 0.1) is 0 Å². The first-order valence-corrected chi connectivity index (χ1v) is 6.01. The molecule has 0 bridgehead atoms. The Hall–Kier alpha value is -1.68. The standard InChI is InChI=1S/C10H15F3N6O/c1-15-6(8(14)20)4-18-2-3-19-7(5-18)16-17-9(19)10(11,12)13/h6,15H,2-5H2,1H3,(H2,14,20). The van der Waals surface area contributed by atoms with E-state index in [1.807, 2.05) is 4.90 Å². The van der Waals surface area contributed by atoms with E-state index in [9.17, 15) is 18.0 Å². The molecule has 0 aromatic carbocycles. The van der Waals surface area contributed by atoms with E-state index >= 15 is 0 Å². The molecule has 2 rings (SSSR count). The zero-order chi connectivity index (χ0) is 14.9. The summed E-state index contributed by atoms with van der Waals surface area (Å²) in [5, 5.41) is 9.52. The molecule has 10 heteroatoms. The van der Waals surface area contributed by atoms with E-state index in [4.69, 9.17) is 5.73 Å². The summed E-state index contributed by atoms with van der Waals surface area (Å²) >= 11 is 0. The third kappa shape index (κ3) is 2.90. The van der Waals surface area contributed by atoms with Crippen molar-refractivity contribution in [3.05, 3.63) is 11.6 Å². The SMILES string of the molecule is CNC(CN1CCn2c(nnc2C(F)(F)F)C1)C(N)=O. The largest absolute Gasteiger partial charge is 0.451 e. The summed E-state index contributed by atoms with van der Waals surface area (Å²) in [6.45, 7) is 1.03. The molecule has 0 saturated heterocycles. The maximum absolute atomic E-state index is 12.7. The number of nitrogens with two attached hydrogens (primary N) is 1. The summed E-state index contributed by atoms with van der Waals surface area (Å²) in [6, 6.07) is -0.549. The van der Waals surface area contributed by atoms with Crippen LogP contribution in [0.15, 0.2) is 0 Å². The van der Waals surface area contributed by atoms with Crippen molar-refractivity contribution >= 4 is 5.91 Å². The first kappa shape index (κ1) is 14.7. The van der Waals surface area contributed by atoms with Crippen LogP contribution in [0.4, 0.5) is 13.2 Å². The fourth-order valence-electron chi connectivity index (χ4n) is 2.15. The summed E-state index contributed by atoms with van der Waals surface area (Å²) in [6.07, 6.45) is -4.51. The molecule has 1 aliphatic rings. The Labute approximate surface area is 112 Å². The lowest BCUT2D eigenvalue weighted by Crippen LogP contribution is -2.49. The van der Waals surface area contributed by atoms with Crippen molar-refractivity contribution in [2.45, 2.75) is 25.3 Å². The van der Waals surface area contributed by atoms with Gasteiger partial charge in [-0.1, -0.05) is 0 Å². The molecule has 0 spiro atoms. The fraction of sp³-hybridized carbons (Fsp3) is 0.700. The van der Waals surface area contributed by atoms with Crippen molar-refractivity contribution in [2.75, 3.05) is 20.1 Å². The van der Waals surface area contributed by atoms with Gasteiger partial charge in [0, 0.05) is 19.6 Å². The highest BCUT2D eigenvalue weighted by molar-refractivity contribution is 5.80. The Morgan fingerprint density at radius 3 is 2.70 bits per heavy atom. The molecule has 1 aromatic heterocycles. The number of carbonyl (C=O) groups is 1. The van der Waals surface area contributed by atoms with E-state index in [1.54, 1.807) is 7.05 Å². The highest BCUT2D eigenvalue weighted by Crippen LogP contribution is 2.29. The lowest BCUT2D eigenvalue weighted by molar-refractivity contribution is -0.148. The van der Waals surface area contributed by atoms with E-state index in [0.29, 0.717) is 13.1 Å². The molecule has 0 aliphatic carbocycles. The molecule has 2 heterocycles. The number of nitrogens with one attached hydrogen (secondary N) is 1. The topological polar surface area (TPSA) is 89.1 Å². The summed E-state index contributed by atoms with van der Waals surface area (Å²) in [4.78, 5) is 13.0. The van der Waals surface area contributed by atoms with Crippen molar-refractivity contribution in [3.63, 3.8) is 0 Å². The average molecular weight is 292 g/mol. The van der Waals surface area contributed by atoms with E-state index < -0.39 is 23.9 Å². The number of carbonyl (C=O) groups excluding carboxylic acids is 1. The van der Waals surface area contributed by atoms with Crippen molar-refractivity contribution in [3.8, 4) is 0 Å². The smallest absolute Gasteiger partial charge is 0.368 e. The zero-order valence-electron chi connectivity index (χ0n) is 10.8. The number of likely N-dealkylation sites (N-methyl/N-ethyl adjacent to an activating group) is 1. The third-order valence-electron chi connectivity index (χ3n) is 3.22. The Morgan fingerprint density at radius 1 is 1.45 bits per heavy atom. The predicted molar refractivity (Wildman–Crippen MR) is 62.3 cm³/mol. The van der Waals surface area contributed by atoms with E-state index in [2.05, 4.69) is 15.5 Å². The van der Waals surface area contributed by atoms with Crippen LogP contribution in [-0.4, -0.2) is 51.8 Å². The average Bonchev–Trinajstić information content (AvgIpc) is 2.78. The minimum absolute atomic E-state index is 0.131. The Kier molecular flexibility index (Phi) is 3.95. The highest BCUT2D eigenvalue weighted by Gasteiger charge is 2.39. The van der Waals surface area contributed by atoms with Crippen LogP contribution < -0.4 is 11.1 Å². The molecule has 1 aromatic rings. The van der Waals surface area contributed by atoms with Crippen LogP contribution in [0.5, 0.6) is 0 Å². The molecule has 3 N–H and O–H groups in total. The quantitative estimate of drug-likeness (QED) is 0.757. The van der Waals surface area contributed by atoms with Gasteiger partial charge in [-0.25, -0.2) is 0 Å². The van der Waals surface area contributed by atoms with Crippen molar-refractivity contribution < 1.29 is 18.0 Å². The lowest BCUT2D eigenvalue weighted by atomic mass is 10.2. The number of hydrogen-bond acceptors (Lipinski definition) is 5. The number of hydrogen-bond donors (Lipinski definition) is 2. The maximum Gasteiger partial charge on any atom is 0.451 e. The summed E-state index contributed by atoms with van der Waals surface area (Å²) in [7, 11) is 1.60. The number of rotatable bonds is 4. The molecule has 7 nitrogen and oxygen atoms in total. The molecule has 0 saturated carbocycles. The summed E-state index contributed by atoms with van der Waals surface area (Å²) in [5.74, 6) is -1.24. The van der Waals surface area contributed by atoms with Crippen LogP contribution in [0.25, 0.3) is 0 Å². The van der Waals surface area contributed by atoms with E-state index in [0.717, 1.165) is 4.57 Å². The zero-order valence-corrected chi connectivity index (χ0v) is 10.8. The predicted octanol–water partition coefficient (Wildman–Crippen LogP) is -0.814. The molecule has 1 amide bonds. The molecule has 112 valence electrons. The molecular formula is C10H15F3N6O. The van der Waals surface area contributed by atoms with Crippen LogP contribution in [0.1, 0.15) is 11.6 Å². The van der Waals surface area contributed by atoms with Crippen LogP contribution in [-0.2, 0) is 24.1 Å². The highest BCUT2D eigenvalue weighted by atomic mass is 19.4. The summed E-state index contributed by atoms with van der Waals surface area (Å²) in [5.41, 5.74) is 5.21. The van der Waals surface area contributed by atoms with Gasteiger partial charge in [0.1, 0.15) is 5.82 Å². The first-order chi connectivity index (χ1) is 9.32. The van der Waals surface area contributed by atoms with E-state index in [-0.39, 0.29) is 18.9 Å². The van der Waals surface area contributed by atoms with E-state index in [1.165, 1.54) is 0 Å². The number of alkyl halides is 3. The molecule has 20 heavy (non-hydrogen) atoms. The monoisotopic (exact) mass is 292 g/mol. The minimum atomic E-state index is -4.51. The number of fused-ring (bicyclic) bond motifs is 1. The van der Waals surface area contributed by atoms with Gasteiger partial charge in [0.05, 0.1) is 12.6 Å². The molecule has 0 radical (unpaired) electrons. The van der Waals surface area contributed by atoms with Crippen LogP contribution >= 0.6 is 0 Å². The van der Waals surface area contributed by atoms with Gasteiger partial charge in [0.15, 0.2) is 0 Å². The van der Waals surface area contributed by atoms with Gasteiger partial charge >= 0.3 is 6.18 Å². The van der Waals surface area contributed by atoms with Crippen molar-refractivity contribution in [2.24, 2.45) is 5.73 Å². The van der Waals surface area contributed by atoms with Crippen LogP contribution in [0.2, 0.25) is 0 Å². The second-order valence-electron chi connectivity index (χ2n) is 4.57. The van der Waals surface area contributed by atoms with Gasteiger partial charge in [-0.3, -0.25) is 9.69 Å². The Bertz CT molecular complexity index is 500. The third-order valence-corrected chi connectivity index (χ3v) is 3.22. The van der Waals surface area contributed by atoms with Gasteiger partial charge in [0.2, 0.25) is 11.7 Å². The number of aromatic nitrogens is 3. The second-order valence-corrected chi connectivity index (χ2v) is 4.57. The van der Waals surface area contributed by atoms with Gasteiger partial charge in [-0.05, 0) is 7.05 Å². The van der Waals surface area contributed by atoms with Crippen LogP contribution in [0.3, 0.4) is 0 Å². The molecular weight excluding hydrogens is 277 g/mol. The van der Waals surface area contributed by atoms with Gasteiger partial charge < -0.3 is 15.6 Å². The first-order valence-electron chi connectivity index (χ1n) is 6.01. The second kappa shape index (κ2) is 5.37. The normalized spacial score (nSPS) is 17.8. The van der Waals surface area contributed by atoms with Gasteiger partial charge in [0.25, 0.3) is 0 Å². The molecule has 1 unspecified atom stereocenters. The number of nitrogens with zero attached hydrogens (tertiary/aromatic N) is 4. The summed E-state index contributed by atoms with van der Waals surface area (Å²) < 4.78 is 39.1. The number of halogens is 3. The lowest BCUT2D eigenvalue weighted by Gasteiger charge is -2.29. The van der Waals surface area contributed by atoms with Gasteiger partial charge in [-0.2, -0.15) is 13.2 Å². The maximum atomic E-state index is 12.7. The number of primary amides is 1. The molecule has 1 atom stereocenters. The molecule has 0 fully saturated rings. The molecule has 1 aliphatic heterocycles.